The Labute approximate surface area is 180 Å². The van der Waals surface area contributed by atoms with E-state index >= 15 is 0 Å². The number of esters is 2. The molecule has 0 N–H and O–H groups in total. The number of hydrogen-bond donors (Lipinski definition) is 0. The predicted octanol–water partition coefficient (Wildman–Crippen LogP) is 4.61. The largest absolute Gasteiger partial charge is 0.490 e. The molecule has 0 spiro atoms. The molecule has 8 heteroatoms. The highest BCUT2D eigenvalue weighted by atomic mass is 127. The van der Waals surface area contributed by atoms with Crippen molar-refractivity contribution in [2.24, 2.45) is 4.99 Å². The zero-order chi connectivity index (χ0) is 20.3. The van der Waals surface area contributed by atoms with Crippen molar-refractivity contribution >= 4 is 58.1 Å². The quantitative estimate of drug-likeness (QED) is 0.254. The maximum Gasteiger partial charge on any atom is 0.363 e. The molecule has 1 heterocycles. The second-order valence-corrected chi connectivity index (χ2v) is 7.35. The number of carbonyl (C=O) groups excluding carboxylic acids is 2. The van der Waals surface area contributed by atoms with Crippen LogP contribution in [0.2, 0.25) is 5.02 Å². The summed E-state index contributed by atoms with van der Waals surface area (Å²) in [5.41, 5.74) is 1.40. The smallest absolute Gasteiger partial charge is 0.363 e. The maximum atomic E-state index is 12.2. The molecule has 28 heavy (non-hydrogen) atoms. The molecular weight excluding hydrogens is 497 g/mol. The van der Waals surface area contributed by atoms with E-state index < -0.39 is 11.9 Å². The summed E-state index contributed by atoms with van der Waals surface area (Å²) in [7, 11) is 0. The maximum absolute atomic E-state index is 12.2. The van der Waals surface area contributed by atoms with Crippen LogP contribution >= 0.6 is 34.2 Å². The zero-order valence-corrected chi connectivity index (χ0v) is 17.9. The molecule has 2 aromatic rings. The van der Waals surface area contributed by atoms with Crippen LogP contribution in [0, 0.1) is 3.57 Å². The van der Waals surface area contributed by atoms with E-state index in [-0.39, 0.29) is 22.4 Å². The zero-order valence-electron chi connectivity index (χ0n) is 15.0. The van der Waals surface area contributed by atoms with Crippen LogP contribution in [0.1, 0.15) is 25.0 Å². The number of halogens is 2. The summed E-state index contributed by atoms with van der Waals surface area (Å²) < 4.78 is 17.0. The standard InChI is InChI=1S/C20H15ClINO5/c1-3-26-17-10-12(8-15(21)18(17)27-11(2)24)9-16-20(25)28-19(23-16)13-4-6-14(22)7-5-13/h4-10H,3H2,1-2H3/b16-9+. The van der Waals surface area contributed by atoms with Gasteiger partial charge in [0.05, 0.1) is 11.6 Å². The molecule has 144 valence electrons. The summed E-state index contributed by atoms with van der Waals surface area (Å²) in [6.45, 7) is 3.42. The minimum Gasteiger partial charge on any atom is -0.490 e. The number of rotatable bonds is 5. The first kappa shape index (κ1) is 20.3. The monoisotopic (exact) mass is 511 g/mol. The van der Waals surface area contributed by atoms with Crippen molar-refractivity contribution in [1.82, 2.24) is 0 Å². The number of nitrogens with zero attached hydrogens (tertiary/aromatic N) is 1. The molecule has 0 saturated carbocycles. The molecule has 6 nitrogen and oxygen atoms in total. The molecule has 0 unspecified atom stereocenters. The SMILES string of the molecule is CCOc1cc(/C=C2/N=C(c3ccc(I)cc3)OC2=O)cc(Cl)c1OC(C)=O. The van der Waals surface area contributed by atoms with Crippen molar-refractivity contribution in [2.75, 3.05) is 6.61 Å². The molecule has 0 amide bonds. The Morgan fingerprint density at radius 2 is 2.00 bits per heavy atom. The molecule has 0 atom stereocenters. The van der Waals surface area contributed by atoms with Gasteiger partial charge in [0, 0.05) is 16.1 Å². The van der Waals surface area contributed by atoms with E-state index in [2.05, 4.69) is 27.6 Å². The number of hydrogen-bond acceptors (Lipinski definition) is 6. The van der Waals surface area contributed by atoms with Crippen LogP contribution in [0.4, 0.5) is 0 Å². The topological polar surface area (TPSA) is 74.2 Å². The number of ether oxygens (including phenoxy) is 3. The van der Waals surface area contributed by atoms with E-state index in [0.29, 0.717) is 23.5 Å². The molecule has 0 aromatic heterocycles. The third-order valence-electron chi connectivity index (χ3n) is 3.59. The third kappa shape index (κ3) is 4.71. The van der Waals surface area contributed by atoms with Gasteiger partial charge in [0.1, 0.15) is 0 Å². The van der Waals surface area contributed by atoms with Gasteiger partial charge in [-0.1, -0.05) is 11.6 Å². The third-order valence-corrected chi connectivity index (χ3v) is 4.59. The highest BCUT2D eigenvalue weighted by molar-refractivity contribution is 14.1. The highest BCUT2D eigenvalue weighted by Gasteiger charge is 2.24. The molecular formula is C20H15ClINO5. The lowest BCUT2D eigenvalue weighted by Gasteiger charge is -2.12. The van der Waals surface area contributed by atoms with Gasteiger partial charge in [-0.3, -0.25) is 4.79 Å². The van der Waals surface area contributed by atoms with Gasteiger partial charge in [0.2, 0.25) is 5.90 Å². The number of cyclic esters (lactones) is 1. The summed E-state index contributed by atoms with van der Waals surface area (Å²) in [6.07, 6.45) is 1.54. The lowest BCUT2D eigenvalue weighted by atomic mass is 10.1. The average molecular weight is 512 g/mol. The van der Waals surface area contributed by atoms with Crippen LogP contribution in [-0.2, 0) is 14.3 Å². The Balaban J connectivity index is 1.96. The van der Waals surface area contributed by atoms with Crippen LogP contribution in [0.15, 0.2) is 47.1 Å². The van der Waals surface area contributed by atoms with Crippen LogP contribution in [0.25, 0.3) is 6.08 Å². The Kier molecular flexibility index (Phi) is 6.35. The van der Waals surface area contributed by atoms with Gasteiger partial charge in [-0.15, -0.1) is 0 Å². The molecule has 1 aliphatic rings. The molecule has 0 bridgehead atoms. The van der Waals surface area contributed by atoms with Gasteiger partial charge in [-0.2, -0.15) is 0 Å². The van der Waals surface area contributed by atoms with E-state index in [9.17, 15) is 9.59 Å². The first-order valence-electron chi connectivity index (χ1n) is 8.30. The Bertz CT molecular complexity index is 998. The first-order valence-corrected chi connectivity index (χ1v) is 9.76. The summed E-state index contributed by atoms with van der Waals surface area (Å²) in [6, 6.07) is 10.6. The Hall–Kier alpha value is -2.39. The summed E-state index contributed by atoms with van der Waals surface area (Å²) >= 11 is 8.43. The number of carbonyl (C=O) groups is 2. The van der Waals surface area contributed by atoms with E-state index in [4.69, 9.17) is 25.8 Å². The van der Waals surface area contributed by atoms with Gasteiger partial charge in [0.15, 0.2) is 17.2 Å². The Morgan fingerprint density at radius 1 is 1.29 bits per heavy atom. The van der Waals surface area contributed by atoms with Gasteiger partial charge in [0.25, 0.3) is 0 Å². The second kappa shape index (κ2) is 8.74. The lowest BCUT2D eigenvalue weighted by molar-refractivity contribution is -0.132. The van der Waals surface area contributed by atoms with Crippen LogP contribution in [0.5, 0.6) is 11.5 Å². The summed E-state index contributed by atoms with van der Waals surface area (Å²) in [4.78, 5) is 27.8. The van der Waals surface area contributed by atoms with Gasteiger partial charge >= 0.3 is 11.9 Å². The molecule has 0 radical (unpaired) electrons. The highest BCUT2D eigenvalue weighted by Crippen LogP contribution is 2.37. The fourth-order valence-electron chi connectivity index (χ4n) is 2.46. The van der Waals surface area contributed by atoms with Crippen molar-refractivity contribution < 1.29 is 23.8 Å². The van der Waals surface area contributed by atoms with Crippen LogP contribution in [0.3, 0.4) is 0 Å². The molecule has 0 saturated heterocycles. The van der Waals surface area contributed by atoms with E-state index in [1.807, 2.05) is 24.3 Å². The minimum atomic E-state index is -0.563. The normalized spacial score (nSPS) is 14.6. The van der Waals surface area contributed by atoms with E-state index in [1.165, 1.54) is 13.0 Å². The van der Waals surface area contributed by atoms with E-state index in [0.717, 1.165) is 3.57 Å². The second-order valence-electron chi connectivity index (χ2n) is 5.70. The van der Waals surface area contributed by atoms with E-state index in [1.54, 1.807) is 19.1 Å². The first-order chi connectivity index (χ1) is 13.4. The average Bonchev–Trinajstić information content (AvgIpc) is 2.99. The lowest BCUT2D eigenvalue weighted by Crippen LogP contribution is -2.05. The molecule has 0 aliphatic carbocycles. The van der Waals surface area contributed by atoms with Crippen molar-refractivity contribution in [1.29, 1.82) is 0 Å². The number of aliphatic imine (C=N–C) groups is 1. The van der Waals surface area contributed by atoms with Gasteiger partial charge in [-0.05, 0) is 77.6 Å². The van der Waals surface area contributed by atoms with Gasteiger partial charge < -0.3 is 14.2 Å². The predicted molar refractivity (Wildman–Crippen MR) is 114 cm³/mol. The minimum absolute atomic E-state index is 0.132. The molecule has 1 aliphatic heterocycles. The molecule has 2 aromatic carbocycles. The summed E-state index contributed by atoms with van der Waals surface area (Å²) in [5.74, 6) is -0.410. The van der Waals surface area contributed by atoms with Crippen molar-refractivity contribution in [3.05, 3.63) is 61.8 Å². The van der Waals surface area contributed by atoms with Gasteiger partial charge in [-0.25, -0.2) is 9.79 Å². The summed E-state index contributed by atoms with van der Waals surface area (Å²) in [5, 5.41) is 0.182. The fraction of sp³-hybridized carbons (Fsp3) is 0.150. The van der Waals surface area contributed by atoms with Crippen molar-refractivity contribution in [2.45, 2.75) is 13.8 Å². The van der Waals surface area contributed by atoms with Crippen LogP contribution < -0.4 is 9.47 Å². The van der Waals surface area contributed by atoms with Crippen LogP contribution in [-0.4, -0.2) is 24.4 Å². The molecule has 3 rings (SSSR count). The Morgan fingerprint density at radius 3 is 2.64 bits per heavy atom. The van der Waals surface area contributed by atoms with Crippen molar-refractivity contribution in [3.63, 3.8) is 0 Å². The molecule has 0 fully saturated rings. The van der Waals surface area contributed by atoms with Crippen molar-refractivity contribution in [3.8, 4) is 11.5 Å². The fourth-order valence-corrected chi connectivity index (χ4v) is 3.08. The number of benzene rings is 2.